The van der Waals surface area contributed by atoms with Crippen LogP contribution >= 0.6 is 11.6 Å². The van der Waals surface area contributed by atoms with Crippen LogP contribution in [0.4, 0.5) is 0 Å². The Hall–Kier alpha value is -2.08. The van der Waals surface area contributed by atoms with Gasteiger partial charge in [-0.1, -0.05) is 11.6 Å². The molecule has 1 heterocycles. The van der Waals surface area contributed by atoms with Crippen LogP contribution in [0.5, 0.6) is 0 Å². The normalized spacial score (nSPS) is 12.3. The first-order valence-corrected chi connectivity index (χ1v) is 7.25. The van der Waals surface area contributed by atoms with Gasteiger partial charge in [-0.2, -0.15) is 0 Å². The summed E-state index contributed by atoms with van der Waals surface area (Å²) < 4.78 is 10.6. The molecule has 1 atom stereocenters. The summed E-state index contributed by atoms with van der Waals surface area (Å²) in [6, 6.07) is 5.18. The highest BCUT2D eigenvalue weighted by atomic mass is 35.5. The van der Waals surface area contributed by atoms with Gasteiger partial charge in [0.2, 0.25) is 6.54 Å². The van der Waals surface area contributed by atoms with E-state index in [0.717, 1.165) is 10.9 Å². The van der Waals surface area contributed by atoms with E-state index in [2.05, 4.69) is 0 Å². The number of halogens is 1. The van der Waals surface area contributed by atoms with Crippen molar-refractivity contribution in [3.05, 3.63) is 44.7 Å². The Morgan fingerprint density at radius 3 is 2.82 bits per heavy atom. The van der Waals surface area contributed by atoms with E-state index in [9.17, 15) is 14.9 Å². The van der Waals surface area contributed by atoms with E-state index in [1.807, 2.05) is 6.92 Å². The third kappa shape index (κ3) is 3.76. The minimum atomic E-state index is -0.667. The van der Waals surface area contributed by atoms with Gasteiger partial charge in [0.25, 0.3) is 0 Å². The Balaban J connectivity index is 2.36. The molecular formula is C15H16ClNO5. The Morgan fingerprint density at radius 1 is 1.45 bits per heavy atom. The highest BCUT2D eigenvalue weighted by molar-refractivity contribution is 6.31. The van der Waals surface area contributed by atoms with Crippen molar-refractivity contribution in [3.8, 4) is 0 Å². The van der Waals surface area contributed by atoms with Gasteiger partial charge in [-0.05, 0) is 37.6 Å². The maximum absolute atomic E-state index is 11.6. The molecule has 1 aromatic carbocycles. The van der Waals surface area contributed by atoms with Crippen molar-refractivity contribution in [1.29, 1.82) is 0 Å². The van der Waals surface area contributed by atoms with Crippen molar-refractivity contribution in [2.75, 3.05) is 13.2 Å². The predicted octanol–water partition coefficient (Wildman–Crippen LogP) is 3.71. The molecule has 0 fully saturated rings. The molecule has 0 aliphatic heterocycles. The van der Waals surface area contributed by atoms with Gasteiger partial charge in [0.05, 0.1) is 18.9 Å². The highest BCUT2D eigenvalue weighted by Gasteiger charge is 2.26. The van der Waals surface area contributed by atoms with Crippen LogP contribution in [0.25, 0.3) is 11.0 Å². The molecule has 2 aromatic rings. The number of hydrogen-bond donors (Lipinski definition) is 0. The lowest BCUT2D eigenvalue weighted by atomic mass is 10.0. The largest absolute Gasteiger partial charge is 0.466 e. The lowest BCUT2D eigenvalue weighted by Gasteiger charge is -2.09. The molecule has 0 N–H and O–H groups in total. The number of carbonyl (C=O) groups excluding carboxylic acids is 1. The molecule has 6 nitrogen and oxygen atoms in total. The van der Waals surface area contributed by atoms with E-state index in [-0.39, 0.29) is 13.0 Å². The fourth-order valence-corrected chi connectivity index (χ4v) is 2.64. The number of benzene rings is 1. The van der Waals surface area contributed by atoms with Gasteiger partial charge in [0, 0.05) is 15.3 Å². The molecule has 0 aliphatic carbocycles. The van der Waals surface area contributed by atoms with Crippen molar-refractivity contribution < 1.29 is 18.9 Å². The van der Waals surface area contributed by atoms with Crippen molar-refractivity contribution in [1.82, 2.24) is 0 Å². The smallest absolute Gasteiger partial charge is 0.306 e. The summed E-state index contributed by atoms with van der Waals surface area (Å²) in [5, 5.41) is 12.2. The highest BCUT2D eigenvalue weighted by Crippen LogP contribution is 2.31. The monoisotopic (exact) mass is 325 g/mol. The van der Waals surface area contributed by atoms with E-state index < -0.39 is 23.4 Å². The van der Waals surface area contributed by atoms with Gasteiger partial charge in [-0.25, -0.2) is 0 Å². The van der Waals surface area contributed by atoms with Gasteiger partial charge in [-0.15, -0.1) is 0 Å². The second kappa shape index (κ2) is 6.79. The maximum atomic E-state index is 11.6. The molecule has 0 aliphatic rings. The second-order valence-electron chi connectivity index (χ2n) is 5.01. The van der Waals surface area contributed by atoms with Crippen LogP contribution < -0.4 is 0 Å². The molecule has 0 saturated carbocycles. The van der Waals surface area contributed by atoms with Gasteiger partial charge >= 0.3 is 5.97 Å². The minimum Gasteiger partial charge on any atom is -0.466 e. The fraction of sp³-hybridized carbons (Fsp3) is 0.400. The number of esters is 1. The minimum absolute atomic E-state index is 0.0958. The molecule has 0 spiro atoms. The van der Waals surface area contributed by atoms with Crippen LogP contribution in [-0.2, 0) is 9.53 Å². The molecule has 7 heteroatoms. The van der Waals surface area contributed by atoms with E-state index >= 15 is 0 Å². The van der Waals surface area contributed by atoms with Crippen LogP contribution in [0.15, 0.2) is 22.6 Å². The SMILES string of the molecule is CCOC(=O)CC(C[N+](=O)[O-])c1cc2cc(Cl)cc(C)c2o1. The van der Waals surface area contributed by atoms with Crippen molar-refractivity contribution in [2.24, 2.45) is 0 Å². The summed E-state index contributed by atoms with van der Waals surface area (Å²) in [7, 11) is 0. The molecular weight excluding hydrogens is 310 g/mol. The fourth-order valence-electron chi connectivity index (χ4n) is 2.36. The number of aryl methyl sites for hydroxylation is 1. The number of hydrogen-bond acceptors (Lipinski definition) is 5. The van der Waals surface area contributed by atoms with Crippen molar-refractivity contribution >= 4 is 28.5 Å². The van der Waals surface area contributed by atoms with Gasteiger partial charge < -0.3 is 9.15 Å². The first-order valence-electron chi connectivity index (χ1n) is 6.87. The van der Waals surface area contributed by atoms with Crippen LogP contribution in [-0.4, -0.2) is 24.0 Å². The molecule has 0 radical (unpaired) electrons. The number of carbonyl (C=O) groups is 1. The second-order valence-corrected chi connectivity index (χ2v) is 5.45. The summed E-state index contributed by atoms with van der Waals surface area (Å²) in [6.45, 7) is 3.37. The number of rotatable bonds is 6. The Labute approximate surface area is 132 Å². The number of nitrogens with zero attached hydrogens (tertiary/aromatic N) is 1. The zero-order chi connectivity index (χ0) is 16.3. The summed E-state index contributed by atoms with van der Waals surface area (Å²) in [4.78, 5) is 22.0. The summed E-state index contributed by atoms with van der Waals surface area (Å²) in [5.41, 5.74) is 1.46. The summed E-state index contributed by atoms with van der Waals surface area (Å²) >= 11 is 6.00. The molecule has 1 unspecified atom stereocenters. The third-order valence-electron chi connectivity index (χ3n) is 3.28. The Kier molecular flexibility index (Phi) is 5.03. The number of nitro groups is 1. The van der Waals surface area contributed by atoms with E-state index in [0.29, 0.717) is 16.4 Å². The first kappa shape index (κ1) is 16.3. The molecule has 22 heavy (non-hydrogen) atoms. The molecule has 2 rings (SSSR count). The van der Waals surface area contributed by atoms with Crippen LogP contribution in [0.2, 0.25) is 5.02 Å². The quantitative estimate of drug-likeness (QED) is 0.459. The van der Waals surface area contributed by atoms with E-state index in [1.165, 1.54) is 0 Å². The average molecular weight is 326 g/mol. The van der Waals surface area contributed by atoms with Gasteiger partial charge in [0.1, 0.15) is 11.3 Å². The number of ether oxygens (including phenoxy) is 1. The Bertz CT molecular complexity index is 709. The number of fused-ring (bicyclic) bond motifs is 1. The van der Waals surface area contributed by atoms with Gasteiger partial charge in [-0.3, -0.25) is 14.9 Å². The van der Waals surface area contributed by atoms with E-state index in [1.54, 1.807) is 25.1 Å². The van der Waals surface area contributed by atoms with Crippen LogP contribution in [0.1, 0.15) is 30.6 Å². The predicted molar refractivity (Wildman–Crippen MR) is 81.8 cm³/mol. The third-order valence-corrected chi connectivity index (χ3v) is 3.49. The van der Waals surface area contributed by atoms with Crippen LogP contribution in [0.3, 0.4) is 0 Å². The molecule has 0 saturated heterocycles. The molecule has 0 bridgehead atoms. The molecule has 118 valence electrons. The summed E-state index contributed by atoms with van der Waals surface area (Å²) in [6.07, 6.45) is -0.0958. The zero-order valence-electron chi connectivity index (χ0n) is 12.3. The van der Waals surface area contributed by atoms with Crippen molar-refractivity contribution in [3.63, 3.8) is 0 Å². The zero-order valence-corrected chi connectivity index (χ0v) is 13.1. The van der Waals surface area contributed by atoms with Crippen molar-refractivity contribution in [2.45, 2.75) is 26.2 Å². The first-order chi connectivity index (χ1) is 10.4. The standard InChI is InChI=1S/C15H16ClNO5/c1-3-21-14(18)7-11(8-17(19)20)13-6-10-5-12(16)4-9(2)15(10)22-13/h4-6,11H,3,7-8H2,1-2H3. The van der Waals surface area contributed by atoms with E-state index in [4.69, 9.17) is 20.8 Å². The summed E-state index contributed by atoms with van der Waals surface area (Å²) in [5.74, 6) is -0.755. The van der Waals surface area contributed by atoms with Gasteiger partial charge in [0.15, 0.2) is 0 Å². The molecule has 0 amide bonds. The topological polar surface area (TPSA) is 82.6 Å². The lowest BCUT2D eigenvalue weighted by molar-refractivity contribution is -0.483. The lowest BCUT2D eigenvalue weighted by Crippen LogP contribution is -2.17. The Morgan fingerprint density at radius 2 is 2.18 bits per heavy atom. The van der Waals surface area contributed by atoms with Crippen LogP contribution in [0, 0.1) is 17.0 Å². The average Bonchev–Trinajstić information content (AvgIpc) is 2.81. The number of furan rings is 1. The molecule has 1 aromatic heterocycles. The maximum Gasteiger partial charge on any atom is 0.306 e.